The third kappa shape index (κ3) is 4.92. The van der Waals surface area contributed by atoms with Gasteiger partial charge in [-0.3, -0.25) is 0 Å². The summed E-state index contributed by atoms with van der Waals surface area (Å²) >= 11 is 0. The molecule has 0 bridgehead atoms. The van der Waals surface area contributed by atoms with Crippen molar-refractivity contribution in [1.29, 1.82) is 0 Å². The smallest absolute Gasteiger partial charge is 0.171 e. The number of hydrogen-bond donors (Lipinski definition) is 1. The number of aromatic nitrogens is 1. The molecule has 4 nitrogen and oxygen atoms in total. The van der Waals surface area contributed by atoms with Crippen molar-refractivity contribution < 1.29 is 4.74 Å². The number of likely N-dealkylation sites (N-methyl/N-ethyl adjacent to an activating group) is 1. The van der Waals surface area contributed by atoms with Crippen molar-refractivity contribution in [2.75, 3.05) is 38.2 Å². The van der Waals surface area contributed by atoms with E-state index in [1.54, 1.807) is 0 Å². The van der Waals surface area contributed by atoms with E-state index in [2.05, 4.69) is 36.1 Å². The molecule has 4 heteroatoms. The van der Waals surface area contributed by atoms with Crippen LogP contribution in [0.25, 0.3) is 0 Å². The first kappa shape index (κ1) is 14.8. The van der Waals surface area contributed by atoms with Crippen molar-refractivity contribution in [3.8, 4) is 5.75 Å². The van der Waals surface area contributed by atoms with Crippen LogP contribution in [0, 0.1) is 0 Å². The SMILES string of the molecule is CCCNCCN(C)c1ncccc1OCCC. The Labute approximate surface area is 110 Å². The van der Waals surface area contributed by atoms with Gasteiger partial charge in [-0.1, -0.05) is 13.8 Å². The van der Waals surface area contributed by atoms with Crippen LogP contribution in [0.3, 0.4) is 0 Å². The van der Waals surface area contributed by atoms with Crippen LogP contribution in [0.5, 0.6) is 5.75 Å². The van der Waals surface area contributed by atoms with Crippen molar-refractivity contribution in [3.63, 3.8) is 0 Å². The quantitative estimate of drug-likeness (QED) is 0.683. The first-order valence-electron chi connectivity index (χ1n) is 6.79. The van der Waals surface area contributed by atoms with Crippen LogP contribution in [0.1, 0.15) is 26.7 Å². The molecule has 0 radical (unpaired) electrons. The maximum absolute atomic E-state index is 5.71. The van der Waals surface area contributed by atoms with Gasteiger partial charge in [0.15, 0.2) is 11.6 Å². The molecule has 0 aliphatic heterocycles. The summed E-state index contributed by atoms with van der Waals surface area (Å²) < 4.78 is 5.71. The predicted octanol–water partition coefficient (Wildman–Crippen LogP) is 2.31. The van der Waals surface area contributed by atoms with E-state index in [1.165, 1.54) is 0 Å². The number of anilines is 1. The fourth-order valence-corrected chi connectivity index (χ4v) is 1.65. The summed E-state index contributed by atoms with van der Waals surface area (Å²) in [6.07, 6.45) is 3.98. The van der Waals surface area contributed by atoms with Gasteiger partial charge in [0, 0.05) is 26.3 Å². The van der Waals surface area contributed by atoms with Crippen LogP contribution in [0.2, 0.25) is 0 Å². The molecule has 0 saturated carbocycles. The Morgan fingerprint density at radius 3 is 2.83 bits per heavy atom. The Morgan fingerprint density at radius 2 is 2.11 bits per heavy atom. The van der Waals surface area contributed by atoms with Crippen molar-refractivity contribution in [2.45, 2.75) is 26.7 Å². The summed E-state index contributed by atoms with van der Waals surface area (Å²) in [7, 11) is 2.05. The van der Waals surface area contributed by atoms with E-state index in [1.807, 2.05) is 18.3 Å². The highest BCUT2D eigenvalue weighted by atomic mass is 16.5. The molecule has 0 saturated heterocycles. The van der Waals surface area contributed by atoms with E-state index < -0.39 is 0 Å². The lowest BCUT2D eigenvalue weighted by atomic mass is 10.4. The van der Waals surface area contributed by atoms with Crippen LogP contribution in [0.4, 0.5) is 5.82 Å². The van der Waals surface area contributed by atoms with Gasteiger partial charge in [0.25, 0.3) is 0 Å². The monoisotopic (exact) mass is 251 g/mol. The van der Waals surface area contributed by atoms with Crippen LogP contribution >= 0.6 is 0 Å². The third-order valence-electron chi connectivity index (χ3n) is 2.62. The lowest BCUT2D eigenvalue weighted by Gasteiger charge is -2.21. The first-order chi connectivity index (χ1) is 8.79. The molecule has 0 amide bonds. The number of hydrogen-bond acceptors (Lipinski definition) is 4. The van der Waals surface area contributed by atoms with Crippen molar-refractivity contribution >= 4 is 5.82 Å². The van der Waals surface area contributed by atoms with Gasteiger partial charge in [0.1, 0.15) is 0 Å². The highest BCUT2D eigenvalue weighted by Gasteiger charge is 2.08. The molecule has 1 heterocycles. The Kier molecular flexibility index (Phi) is 7.18. The first-order valence-corrected chi connectivity index (χ1v) is 6.79. The van der Waals surface area contributed by atoms with E-state index in [9.17, 15) is 0 Å². The Bertz CT molecular complexity index is 331. The Balaban J connectivity index is 2.52. The molecule has 0 atom stereocenters. The van der Waals surface area contributed by atoms with Crippen molar-refractivity contribution in [3.05, 3.63) is 18.3 Å². The maximum Gasteiger partial charge on any atom is 0.171 e. The van der Waals surface area contributed by atoms with Gasteiger partial charge in [-0.25, -0.2) is 4.98 Å². The second kappa shape index (κ2) is 8.75. The molecular formula is C14H25N3O. The molecule has 1 aromatic rings. The summed E-state index contributed by atoms with van der Waals surface area (Å²) in [5, 5.41) is 3.39. The maximum atomic E-state index is 5.71. The second-order valence-corrected chi connectivity index (χ2v) is 4.35. The number of rotatable bonds is 9. The summed E-state index contributed by atoms with van der Waals surface area (Å²) in [6, 6.07) is 3.89. The number of ether oxygens (including phenoxy) is 1. The minimum Gasteiger partial charge on any atom is -0.490 e. The topological polar surface area (TPSA) is 37.4 Å². The number of nitrogens with one attached hydrogen (secondary N) is 1. The summed E-state index contributed by atoms with van der Waals surface area (Å²) in [4.78, 5) is 6.54. The van der Waals surface area contributed by atoms with Gasteiger partial charge in [-0.05, 0) is 31.5 Å². The zero-order valence-electron chi connectivity index (χ0n) is 11.8. The lowest BCUT2D eigenvalue weighted by molar-refractivity contribution is 0.316. The van der Waals surface area contributed by atoms with Crippen LogP contribution < -0.4 is 15.0 Å². The molecule has 18 heavy (non-hydrogen) atoms. The predicted molar refractivity (Wildman–Crippen MR) is 76.5 cm³/mol. The average molecular weight is 251 g/mol. The van der Waals surface area contributed by atoms with Gasteiger partial charge in [0.05, 0.1) is 6.61 Å². The molecule has 0 fully saturated rings. The zero-order chi connectivity index (χ0) is 13.2. The van der Waals surface area contributed by atoms with Gasteiger partial charge in [0.2, 0.25) is 0 Å². The molecule has 0 unspecified atom stereocenters. The average Bonchev–Trinajstić information content (AvgIpc) is 2.41. The zero-order valence-corrected chi connectivity index (χ0v) is 11.8. The standard InChI is InChI=1S/C14H25N3O/c1-4-8-15-10-11-17(3)14-13(18-12-5-2)7-6-9-16-14/h6-7,9,15H,4-5,8,10-12H2,1-3H3. The van der Waals surface area contributed by atoms with Crippen LogP contribution in [-0.4, -0.2) is 38.3 Å². The fraction of sp³-hybridized carbons (Fsp3) is 0.643. The van der Waals surface area contributed by atoms with Crippen LogP contribution in [0.15, 0.2) is 18.3 Å². The Morgan fingerprint density at radius 1 is 1.28 bits per heavy atom. The lowest BCUT2D eigenvalue weighted by Crippen LogP contribution is -2.30. The highest BCUT2D eigenvalue weighted by Crippen LogP contribution is 2.23. The fourth-order valence-electron chi connectivity index (χ4n) is 1.65. The molecule has 102 valence electrons. The van der Waals surface area contributed by atoms with Crippen LogP contribution in [-0.2, 0) is 0 Å². The molecule has 0 aliphatic carbocycles. The largest absolute Gasteiger partial charge is 0.490 e. The molecule has 1 rings (SSSR count). The van der Waals surface area contributed by atoms with Gasteiger partial charge < -0.3 is 15.0 Å². The third-order valence-corrected chi connectivity index (χ3v) is 2.62. The van der Waals surface area contributed by atoms with Crippen molar-refractivity contribution in [2.24, 2.45) is 0 Å². The number of pyridine rings is 1. The van der Waals surface area contributed by atoms with E-state index in [0.29, 0.717) is 0 Å². The van der Waals surface area contributed by atoms with E-state index >= 15 is 0 Å². The molecule has 0 spiro atoms. The highest BCUT2D eigenvalue weighted by molar-refractivity contribution is 5.51. The van der Waals surface area contributed by atoms with E-state index in [4.69, 9.17) is 4.74 Å². The normalized spacial score (nSPS) is 10.4. The van der Waals surface area contributed by atoms with Gasteiger partial charge in [-0.2, -0.15) is 0 Å². The Hall–Kier alpha value is -1.29. The van der Waals surface area contributed by atoms with E-state index in [0.717, 1.165) is 50.7 Å². The second-order valence-electron chi connectivity index (χ2n) is 4.35. The molecule has 1 aromatic heterocycles. The summed E-state index contributed by atoms with van der Waals surface area (Å²) in [6.45, 7) is 7.98. The van der Waals surface area contributed by atoms with E-state index in [-0.39, 0.29) is 0 Å². The minimum absolute atomic E-state index is 0.737. The molecule has 0 aromatic carbocycles. The summed E-state index contributed by atoms with van der Waals surface area (Å²) in [5.74, 6) is 1.79. The molecular weight excluding hydrogens is 226 g/mol. The minimum atomic E-state index is 0.737. The molecule has 1 N–H and O–H groups in total. The van der Waals surface area contributed by atoms with Crippen molar-refractivity contribution in [1.82, 2.24) is 10.3 Å². The van der Waals surface area contributed by atoms with Gasteiger partial charge in [-0.15, -0.1) is 0 Å². The van der Waals surface area contributed by atoms with Gasteiger partial charge >= 0.3 is 0 Å². The number of nitrogens with zero attached hydrogens (tertiary/aromatic N) is 2. The summed E-state index contributed by atoms with van der Waals surface area (Å²) in [5.41, 5.74) is 0. The molecule has 0 aliphatic rings.